The number of carbonyl (C=O) groups is 2. The van der Waals surface area contributed by atoms with E-state index in [0.29, 0.717) is 12.1 Å². The summed E-state index contributed by atoms with van der Waals surface area (Å²) >= 11 is 0. The van der Waals surface area contributed by atoms with E-state index in [4.69, 9.17) is 5.11 Å². The van der Waals surface area contributed by atoms with Crippen molar-refractivity contribution in [1.29, 1.82) is 0 Å². The highest BCUT2D eigenvalue weighted by Crippen LogP contribution is 2.33. The Morgan fingerprint density at radius 2 is 2.06 bits per heavy atom. The maximum atomic E-state index is 12.0. The first-order chi connectivity index (χ1) is 7.99. The van der Waals surface area contributed by atoms with Crippen molar-refractivity contribution in [2.45, 2.75) is 51.2 Å². The fourth-order valence-corrected chi connectivity index (χ4v) is 2.78. The number of amides is 1. The molecule has 96 valence electrons. The fourth-order valence-electron chi connectivity index (χ4n) is 2.78. The van der Waals surface area contributed by atoms with Crippen LogP contribution in [0, 0.1) is 11.8 Å². The summed E-state index contributed by atoms with van der Waals surface area (Å²) in [6, 6.07) is 0.467. The Morgan fingerprint density at radius 3 is 2.53 bits per heavy atom. The summed E-state index contributed by atoms with van der Waals surface area (Å²) in [5.41, 5.74) is 0. The highest BCUT2D eigenvalue weighted by Gasteiger charge is 2.43. The third-order valence-corrected chi connectivity index (χ3v) is 4.15. The quantitative estimate of drug-likeness (QED) is 0.662. The second-order valence-corrected chi connectivity index (χ2v) is 5.31. The van der Waals surface area contributed by atoms with Gasteiger partial charge in [-0.2, -0.15) is 0 Å². The molecule has 0 aromatic carbocycles. The summed E-state index contributed by atoms with van der Waals surface area (Å²) in [4.78, 5) is 22.8. The number of nitrogens with one attached hydrogen (secondary N) is 2. The number of carboxylic acids is 1. The maximum Gasteiger partial charge on any atom is 0.308 e. The van der Waals surface area contributed by atoms with Crippen LogP contribution in [0.1, 0.15) is 33.1 Å². The largest absolute Gasteiger partial charge is 0.481 e. The van der Waals surface area contributed by atoms with Gasteiger partial charge in [0.2, 0.25) is 5.91 Å². The van der Waals surface area contributed by atoms with E-state index in [-0.39, 0.29) is 17.9 Å². The normalized spacial score (nSPS) is 34.4. The molecule has 5 unspecified atom stereocenters. The number of carbonyl (C=O) groups excluding carboxylic acids is 1. The molecule has 5 atom stereocenters. The number of aliphatic carboxylic acids is 1. The SMILES string of the molecule is CC(NC(=O)C1CC2CCC1N2)C(C)C(=O)O. The standard InChI is InChI=1S/C12H20N2O3/c1-6(12(16)17)7(2)13-11(15)9-5-8-3-4-10(9)14-8/h6-10,14H,3-5H2,1-2H3,(H,13,15)(H,16,17). The lowest BCUT2D eigenvalue weighted by atomic mass is 9.88. The summed E-state index contributed by atoms with van der Waals surface area (Å²) in [6.07, 6.45) is 3.12. The van der Waals surface area contributed by atoms with Crippen LogP contribution < -0.4 is 10.6 Å². The van der Waals surface area contributed by atoms with Gasteiger partial charge in [0, 0.05) is 18.1 Å². The first-order valence-electron chi connectivity index (χ1n) is 6.28. The lowest BCUT2D eigenvalue weighted by Gasteiger charge is -2.24. The molecule has 0 saturated carbocycles. The van der Waals surface area contributed by atoms with Gasteiger partial charge in [0.25, 0.3) is 0 Å². The van der Waals surface area contributed by atoms with E-state index in [1.54, 1.807) is 13.8 Å². The van der Waals surface area contributed by atoms with Crippen molar-refractivity contribution in [2.75, 3.05) is 0 Å². The molecular formula is C12H20N2O3. The average molecular weight is 240 g/mol. The van der Waals surface area contributed by atoms with Crippen LogP contribution >= 0.6 is 0 Å². The van der Waals surface area contributed by atoms with Crippen molar-refractivity contribution < 1.29 is 14.7 Å². The molecule has 17 heavy (non-hydrogen) atoms. The topological polar surface area (TPSA) is 78.4 Å². The lowest BCUT2D eigenvalue weighted by molar-refractivity contribution is -0.142. The van der Waals surface area contributed by atoms with Gasteiger partial charge in [-0.1, -0.05) is 0 Å². The molecule has 1 amide bonds. The fraction of sp³-hybridized carbons (Fsp3) is 0.833. The molecule has 2 rings (SSSR count). The van der Waals surface area contributed by atoms with Crippen LogP contribution in [0.3, 0.4) is 0 Å². The monoisotopic (exact) mass is 240 g/mol. The number of fused-ring (bicyclic) bond motifs is 2. The molecule has 2 aliphatic rings. The Morgan fingerprint density at radius 1 is 1.35 bits per heavy atom. The van der Waals surface area contributed by atoms with Crippen LogP contribution in [-0.2, 0) is 9.59 Å². The van der Waals surface area contributed by atoms with Gasteiger partial charge < -0.3 is 15.7 Å². The van der Waals surface area contributed by atoms with Crippen LogP contribution in [0.4, 0.5) is 0 Å². The second kappa shape index (κ2) is 4.64. The van der Waals surface area contributed by atoms with Crippen LogP contribution in [0.25, 0.3) is 0 Å². The zero-order chi connectivity index (χ0) is 12.6. The smallest absolute Gasteiger partial charge is 0.308 e. The van der Waals surface area contributed by atoms with Gasteiger partial charge in [0.1, 0.15) is 0 Å². The highest BCUT2D eigenvalue weighted by atomic mass is 16.4. The third-order valence-electron chi connectivity index (χ3n) is 4.15. The minimum Gasteiger partial charge on any atom is -0.481 e. The molecular weight excluding hydrogens is 220 g/mol. The van der Waals surface area contributed by atoms with Crippen molar-refractivity contribution in [1.82, 2.24) is 10.6 Å². The molecule has 2 bridgehead atoms. The van der Waals surface area contributed by atoms with Crippen molar-refractivity contribution in [3.8, 4) is 0 Å². The predicted octanol–water partition coefficient (Wildman–Crippen LogP) is 0.352. The van der Waals surface area contributed by atoms with Crippen LogP contribution in [0.2, 0.25) is 0 Å². The summed E-state index contributed by atoms with van der Waals surface area (Å²) in [7, 11) is 0. The van der Waals surface area contributed by atoms with Crippen LogP contribution in [0.15, 0.2) is 0 Å². The Balaban J connectivity index is 1.87. The summed E-state index contributed by atoms with van der Waals surface area (Å²) in [5, 5.41) is 15.1. The molecule has 2 fully saturated rings. The van der Waals surface area contributed by atoms with Crippen molar-refractivity contribution in [3.63, 3.8) is 0 Å². The molecule has 0 aromatic rings. The van der Waals surface area contributed by atoms with Gasteiger partial charge in [0.15, 0.2) is 0 Å². The Labute approximate surface area is 101 Å². The zero-order valence-electron chi connectivity index (χ0n) is 10.3. The van der Waals surface area contributed by atoms with E-state index in [2.05, 4.69) is 10.6 Å². The highest BCUT2D eigenvalue weighted by molar-refractivity contribution is 5.81. The van der Waals surface area contributed by atoms with Crippen molar-refractivity contribution in [3.05, 3.63) is 0 Å². The lowest BCUT2D eigenvalue weighted by Crippen LogP contribution is -2.45. The Bertz CT molecular complexity index is 332. The molecule has 0 spiro atoms. The second-order valence-electron chi connectivity index (χ2n) is 5.31. The van der Waals surface area contributed by atoms with Crippen molar-refractivity contribution in [2.24, 2.45) is 11.8 Å². The molecule has 3 N–H and O–H groups in total. The van der Waals surface area contributed by atoms with Gasteiger partial charge in [-0.15, -0.1) is 0 Å². The minimum absolute atomic E-state index is 0.00491. The molecule has 0 aromatic heterocycles. The van der Waals surface area contributed by atoms with Crippen molar-refractivity contribution >= 4 is 11.9 Å². The molecule has 5 heteroatoms. The molecule has 5 nitrogen and oxygen atoms in total. The van der Waals surface area contributed by atoms with Crippen LogP contribution in [-0.4, -0.2) is 35.1 Å². The predicted molar refractivity (Wildman–Crippen MR) is 62.5 cm³/mol. The van der Waals surface area contributed by atoms with E-state index < -0.39 is 11.9 Å². The van der Waals surface area contributed by atoms with Gasteiger partial charge in [-0.3, -0.25) is 9.59 Å². The third kappa shape index (κ3) is 2.44. The number of hydrogen-bond donors (Lipinski definition) is 3. The minimum atomic E-state index is -0.871. The van der Waals surface area contributed by atoms with E-state index in [9.17, 15) is 9.59 Å². The Kier molecular flexibility index (Phi) is 3.38. The molecule has 0 aliphatic carbocycles. The van der Waals surface area contributed by atoms with Gasteiger partial charge in [0.05, 0.1) is 11.8 Å². The van der Waals surface area contributed by atoms with E-state index >= 15 is 0 Å². The summed E-state index contributed by atoms with van der Waals surface area (Å²) in [6.45, 7) is 3.36. The van der Waals surface area contributed by atoms with E-state index in [1.807, 2.05) is 0 Å². The molecule has 2 saturated heterocycles. The van der Waals surface area contributed by atoms with Gasteiger partial charge >= 0.3 is 5.97 Å². The molecule has 2 aliphatic heterocycles. The average Bonchev–Trinajstić information content (AvgIpc) is 2.89. The first kappa shape index (κ1) is 12.4. The number of hydrogen-bond acceptors (Lipinski definition) is 3. The molecule has 0 radical (unpaired) electrons. The van der Waals surface area contributed by atoms with E-state index in [1.165, 1.54) is 0 Å². The van der Waals surface area contributed by atoms with E-state index in [0.717, 1.165) is 19.3 Å². The number of carboxylic acid groups (broad SMARTS) is 1. The maximum absolute atomic E-state index is 12.0. The zero-order valence-corrected chi connectivity index (χ0v) is 10.3. The van der Waals surface area contributed by atoms with Crippen LogP contribution in [0.5, 0.6) is 0 Å². The van der Waals surface area contributed by atoms with Gasteiger partial charge in [-0.05, 0) is 33.1 Å². The Hall–Kier alpha value is -1.10. The summed E-state index contributed by atoms with van der Waals surface area (Å²) in [5.74, 6) is -1.39. The first-order valence-corrected chi connectivity index (χ1v) is 6.28. The van der Waals surface area contributed by atoms with Gasteiger partial charge in [-0.25, -0.2) is 0 Å². The summed E-state index contributed by atoms with van der Waals surface area (Å²) < 4.78 is 0. The number of rotatable bonds is 4. The molecule has 2 heterocycles.